The number of phenols is 1. The Bertz CT molecular complexity index is 1370. The van der Waals surface area contributed by atoms with Crippen molar-refractivity contribution in [2.45, 2.75) is 31.7 Å². The Hall–Kier alpha value is -2.74. The van der Waals surface area contributed by atoms with Crippen molar-refractivity contribution >= 4 is 53.2 Å². The highest BCUT2D eigenvalue weighted by Gasteiger charge is 2.56. The number of pyridine rings is 1. The summed E-state index contributed by atoms with van der Waals surface area (Å²) in [5.41, 5.74) is 4.54. The summed E-state index contributed by atoms with van der Waals surface area (Å²) < 4.78 is 17.6. The van der Waals surface area contributed by atoms with Crippen LogP contribution in [-0.4, -0.2) is 72.9 Å². The van der Waals surface area contributed by atoms with E-state index >= 15 is 0 Å². The molecule has 4 atom stereocenters. The van der Waals surface area contributed by atoms with E-state index in [0.29, 0.717) is 35.2 Å². The molecule has 0 radical (unpaired) electrons. The summed E-state index contributed by atoms with van der Waals surface area (Å²) in [6, 6.07) is 9.37. The maximum Gasteiger partial charge on any atom is 0.455 e. The summed E-state index contributed by atoms with van der Waals surface area (Å²) in [5, 5.41) is 21.1. The lowest BCUT2D eigenvalue weighted by atomic mass is 9.58. The number of allylic oxidation sites excluding steroid dienone is 1. The number of amides is 2. The Morgan fingerprint density at radius 1 is 1.25 bits per heavy atom. The number of aromatic hydroxyl groups is 1. The first-order chi connectivity index (χ1) is 19.2. The number of carbonyl (C=O) groups excluding carboxylic acids is 2. The third-order valence-corrected chi connectivity index (χ3v) is 8.95. The Morgan fingerprint density at radius 3 is 2.75 bits per heavy atom. The zero-order valence-electron chi connectivity index (χ0n) is 22.7. The zero-order chi connectivity index (χ0) is 28.6. The van der Waals surface area contributed by atoms with E-state index in [0.717, 1.165) is 28.0 Å². The lowest BCUT2D eigenvalue weighted by Gasteiger charge is -2.43. The molecule has 0 unspecified atom stereocenters. The van der Waals surface area contributed by atoms with E-state index in [2.05, 4.69) is 27.6 Å². The van der Waals surface area contributed by atoms with Crippen LogP contribution < -0.4 is 4.74 Å². The van der Waals surface area contributed by atoms with Crippen molar-refractivity contribution in [3.05, 3.63) is 62.5 Å². The van der Waals surface area contributed by atoms with Crippen molar-refractivity contribution in [2.75, 3.05) is 27.9 Å². The highest BCUT2D eigenvalue weighted by molar-refractivity contribution is 14.1. The molecule has 0 spiro atoms. The van der Waals surface area contributed by atoms with Gasteiger partial charge in [-0.1, -0.05) is 6.07 Å². The number of nitrogens with zero attached hydrogens (tertiary/aromatic N) is 2. The molecular weight excluding hydrogens is 626 g/mol. The van der Waals surface area contributed by atoms with Gasteiger partial charge < -0.3 is 24.3 Å². The fraction of sp³-hybridized carbons (Fsp3) is 0.414. The minimum Gasteiger partial charge on any atom is -0.504 e. The Balaban J connectivity index is 1.50. The number of hydrogen-bond donors (Lipinski definition) is 2. The molecule has 210 valence electrons. The van der Waals surface area contributed by atoms with Crippen molar-refractivity contribution in [1.29, 1.82) is 0 Å². The number of phenolic OH excluding ortho intramolecular Hbond substituents is 1. The number of methoxy groups -OCH3 is 2. The summed E-state index contributed by atoms with van der Waals surface area (Å²) in [4.78, 5) is 31.8. The van der Waals surface area contributed by atoms with Crippen molar-refractivity contribution in [3.63, 3.8) is 0 Å². The van der Waals surface area contributed by atoms with E-state index in [4.69, 9.17) is 14.1 Å². The molecule has 2 saturated heterocycles. The lowest BCUT2D eigenvalue weighted by Crippen LogP contribution is -2.46. The monoisotopic (exact) mass is 658 g/mol. The topological polar surface area (TPSA) is 118 Å². The van der Waals surface area contributed by atoms with E-state index in [1.807, 2.05) is 30.3 Å². The van der Waals surface area contributed by atoms with Crippen LogP contribution in [0.15, 0.2) is 47.7 Å². The van der Waals surface area contributed by atoms with Crippen LogP contribution >= 0.6 is 22.6 Å². The molecule has 0 bridgehead atoms. The predicted octanol–water partition coefficient (Wildman–Crippen LogP) is 3.79. The minimum absolute atomic E-state index is 0.0917. The fourth-order valence-electron chi connectivity index (χ4n) is 6.38. The lowest BCUT2D eigenvalue weighted by molar-refractivity contribution is -0.138. The SMILES string of the molecule is COCC1=C2[C@@H](CC/C(=C/c3cc(I)c(O)c(OC)c3)c3ccccn3)OB(O)C[C@@H]2[C@@H]2C(=O)N(C)C(=O)[C@@H]2C1. The van der Waals surface area contributed by atoms with Crippen LogP contribution in [0, 0.1) is 21.3 Å². The average molecular weight is 658 g/mol. The minimum atomic E-state index is -1.04. The molecule has 2 aliphatic heterocycles. The summed E-state index contributed by atoms with van der Waals surface area (Å²) in [6.45, 7) is 0.338. The number of hydrogen-bond acceptors (Lipinski definition) is 8. The van der Waals surface area contributed by atoms with Gasteiger partial charge in [-0.05, 0) is 107 Å². The molecule has 2 N–H and O–H groups in total. The molecule has 1 aromatic heterocycles. The molecule has 0 saturated carbocycles. The second kappa shape index (κ2) is 12.0. The number of imide groups is 1. The fourth-order valence-corrected chi connectivity index (χ4v) is 7.00. The number of ether oxygens (including phenoxy) is 2. The summed E-state index contributed by atoms with van der Waals surface area (Å²) >= 11 is 2.07. The molecular formula is C29H32BIN2O7. The number of halogens is 1. The van der Waals surface area contributed by atoms with E-state index in [1.54, 1.807) is 19.4 Å². The average Bonchev–Trinajstić information content (AvgIpc) is 3.16. The predicted molar refractivity (Wildman–Crippen MR) is 158 cm³/mol. The van der Waals surface area contributed by atoms with Crippen molar-refractivity contribution in [2.24, 2.45) is 17.8 Å². The van der Waals surface area contributed by atoms with Crippen LogP contribution in [0.2, 0.25) is 6.32 Å². The van der Waals surface area contributed by atoms with Crippen LogP contribution in [-0.2, 0) is 19.0 Å². The first-order valence-corrected chi connectivity index (χ1v) is 14.4. The van der Waals surface area contributed by atoms with Crippen LogP contribution in [0.3, 0.4) is 0 Å². The van der Waals surface area contributed by atoms with Gasteiger partial charge in [-0.25, -0.2) is 0 Å². The molecule has 1 aliphatic carbocycles. The molecule has 9 nitrogen and oxygen atoms in total. The molecule has 11 heteroatoms. The van der Waals surface area contributed by atoms with E-state index in [9.17, 15) is 19.7 Å². The van der Waals surface area contributed by atoms with Crippen LogP contribution in [0.4, 0.5) is 0 Å². The first-order valence-electron chi connectivity index (χ1n) is 13.3. The van der Waals surface area contributed by atoms with Crippen LogP contribution in [0.5, 0.6) is 11.5 Å². The maximum atomic E-state index is 13.1. The Kier molecular flexibility index (Phi) is 8.65. The normalized spacial score (nSPS) is 24.9. The molecule has 1 aromatic carbocycles. The van der Waals surface area contributed by atoms with Crippen molar-refractivity contribution in [1.82, 2.24) is 9.88 Å². The van der Waals surface area contributed by atoms with E-state index < -0.39 is 25.1 Å². The smallest absolute Gasteiger partial charge is 0.455 e. The van der Waals surface area contributed by atoms with Gasteiger partial charge in [0.1, 0.15) is 0 Å². The van der Waals surface area contributed by atoms with Gasteiger partial charge >= 0.3 is 7.12 Å². The number of likely N-dealkylation sites (tertiary alicyclic amines) is 1. The second-order valence-corrected chi connectivity index (χ2v) is 11.6. The van der Waals surface area contributed by atoms with Gasteiger partial charge in [0.2, 0.25) is 11.8 Å². The Morgan fingerprint density at radius 2 is 2.05 bits per heavy atom. The van der Waals surface area contributed by atoms with Gasteiger partial charge in [-0.3, -0.25) is 19.5 Å². The standard InChI is InChI=1S/C29H32BIN2O7/c1-33-28(35)19-13-18(15-38-2)25-20(26(19)29(33)36)14-30(37)40-23(25)8-7-17(22-6-4-5-9-32-22)10-16-11-21(31)27(34)24(12-16)39-3/h4-6,9-12,19-20,23,26,34,37H,7-8,13-15H2,1-3H3/b17-10-/t19-,20+,23-,26-/m1/s1. The maximum absolute atomic E-state index is 13.1. The second-order valence-electron chi connectivity index (χ2n) is 10.5. The van der Waals surface area contributed by atoms with E-state index in [1.165, 1.54) is 19.1 Å². The summed E-state index contributed by atoms with van der Waals surface area (Å²) in [6.07, 6.45) is 5.10. The third kappa shape index (κ3) is 5.44. The Labute approximate surface area is 247 Å². The van der Waals surface area contributed by atoms with Crippen LogP contribution in [0.1, 0.15) is 30.5 Å². The number of carbonyl (C=O) groups is 2. The molecule has 3 aliphatic rings. The molecule has 2 aromatic rings. The number of fused-ring (bicyclic) bond motifs is 3. The van der Waals surface area contributed by atoms with Gasteiger partial charge in [0.15, 0.2) is 11.5 Å². The van der Waals surface area contributed by atoms with Gasteiger partial charge in [-0.15, -0.1) is 0 Å². The highest BCUT2D eigenvalue weighted by Crippen LogP contribution is 2.50. The first kappa shape index (κ1) is 28.8. The highest BCUT2D eigenvalue weighted by atomic mass is 127. The largest absolute Gasteiger partial charge is 0.504 e. The van der Waals surface area contributed by atoms with Gasteiger partial charge in [0.05, 0.1) is 40.9 Å². The molecule has 3 heterocycles. The summed E-state index contributed by atoms with van der Waals surface area (Å²) in [5.74, 6) is -1.10. The number of benzene rings is 1. The third-order valence-electron chi connectivity index (χ3n) is 8.13. The summed E-state index contributed by atoms with van der Waals surface area (Å²) in [7, 11) is 3.63. The molecule has 5 rings (SSSR count). The van der Waals surface area contributed by atoms with Gasteiger partial charge in [-0.2, -0.15) is 0 Å². The molecule has 40 heavy (non-hydrogen) atoms. The van der Waals surface area contributed by atoms with Gasteiger partial charge in [0, 0.05) is 20.4 Å². The van der Waals surface area contributed by atoms with Crippen molar-refractivity contribution < 1.29 is 33.8 Å². The zero-order valence-corrected chi connectivity index (χ0v) is 24.8. The number of rotatable bonds is 8. The quantitative estimate of drug-likeness (QED) is 0.191. The van der Waals surface area contributed by atoms with Crippen molar-refractivity contribution in [3.8, 4) is 11.5 Å². The van der Waals surface area contributed by atoms with E-state index in [-0.39, 0.29) is 29.8 Å². The molecule has 2 fully saturated rings. The molecule has 2 amide bonds. The van der Waals surface area contributed by atoms with Gasteiger partial charge in [0.25, 0.3) is 0 Å². The number of aromatic nitrogens is 1. The van der Waals surface area contributed by atoms with Crippen LogP contribution in [0.25, 0.3) is 11.6 Å².